The Labute approximate surface area is 271 Å². The van der Waals surface area contributed by atoms with Gasteiger partial charge in [0, 0.05) is 38.1 Å². The molecule has 2 amide bonds. The zero-order chi connectivity index (χ0) is 33.9. The SMILES string of the molecule is C=O.CC(C)CC(C)(C)OCC(C)(C)CNC(=O)C(CCCCNC(=O)Cc1ccc(CN)cc1)NCc1ccc(CN)cc1. The third kappa shape index (κ3) is 17.2. The number of carbonyl (C=O) groups is 3. The number of nitrogens with two attached hydrogens (primary N) is 2. The highest BCUT2D eigenvalue weighted by Gasteiger charge is 2.27. The number of benzene rings is 2. The molecule has 9 nitrogen and oxygen atoms in total. The molecule has 2 rings (SSSR count). The first-order valence-corrected chi connectivity index (χ1v) is 16.1. The van der Waals surface area contributed by atoms with Gasteiger partial charge in [0.2, 0.25) is 11.8 Å². The van der Waals surface area contributed by atoms with Crippen molar-refractivity contribution in [2.75, 3.05) is 19.7 Å². The van der Waals surface area contributed by atoms with Gasteiger partial charge in [0.1, 0.15) is 6.79 Å². The molecule has 2 aromatic carbocycles. The maximum atomic E-state index is 13.4. The molecule has 0 aliphatic heterocycles. The summed E-state index contributed by atoms with van der Waals surface area (Å²) in [4.78, 5) is 33.8. The number of ether oxygens (including phenoxy) is 1. The van der Waals surface area contributed by atoms with Crippen molar-refractivity contribution in [2.24, 2.45) is 22.8 Å². The van der Waals surface area contributed by atoms with Gasteiger partial charge in [-0.3, -0.25) is 9.59 Å². The van der Waals surface area contributed by atoms with Crippen molar-refractivity contribution in [2.45, 2.75) is 105 Å². The van der Waals surface area contributed by atoms with Gasteiger partial charge in [0.05, 0.1) is 24.7 Å². The molecule has 0 spiro atoms. The zero-order valence-electron chi connectivity index (χ0n) is 28.5. The van der Waals surface area contributed by atoms with E-state index >= 15 is 0 Å². The van der Waals surface area contributed by atoms with E-state index in [1.54, 1.807) is 0 Å². The highest BCUT2D eigenvalue weighted by molar-refractivity contribution is 5.81. The number of carbonyl (C=O) groups excluding carboxylic acids is 3. The van der Waals surface area contributed by atoms with E-state index in [-0.39, 0.29) is 28.9 Å². The summed E-state index contributed by atoms with van der Waals surface area (Å²) in [7, 11) is 0. The Morgan fingerprint density at radius 1 is 0.822 bits per heavy atom. The highest BCUT2D eigenvalue weighted by atomic mass is 16.5. The zero-order valence-corrected chi connectivity index (χ0v) is 28.5. The molecule has 0 aliphatic carbocycles. The summed E-state index contributed by atoms with van der Waals surface area (Å²) in [5.74, 6) is 0.534. The van der Waals surface area contributed by atoms with Crippen LogP contribution in [0.25, 0.3) is 0 Å². The molecule has 0 radical (unpaired) electrons. The number of unbranched alkanes of at least 4 members (excludes halogenated alkanes) is 1. The average molecular weight is 626 g/mol. The van der Waals surface area contributed by atoms with Gasteiger partial charge < -0.3 is 36.9 Å². The molecule has 0 aliphatic rings. The molecule has 45 heavy (non-hydrogen) atoms. The molecule has 0 saturated carbocycles. The van der Waals surface area contributed by atoms with E-state index in [4.69, 9.17) is 21.0 Å². The summed E-state index contributed by atoms with van der Waals surface area (Å²) in [6.45, 7) is 18.1. The van der Waals surface area contributed by atoms with Crippen molar-refractivity contribution < 1.29 is 19.1 Å². The Balaban J connectivity index is 0.00000496. The maximum Gasteiger partial charge on any atom is 0.237 e. The lowest BCUT2D eigenvalue weighted by atomic mass is 9.92. The molecular weight excluding hydrogens is 566 g/mol. The molecular formula is C36H59N5O4. The summed E-state index contributed by atoms with van der Waals surface area (Å²) in [6.07, 6.45) is 3.59. The Bertz CT molecular complexity index is 1120. The quantitative estimate of drug-likeness (QED) is 0.137. The molecule has 0 saturated heterocycles. The van der Waals surface area contributed by atoms with Crippen LogP contribution >= 0.6 is 0 Å². The van der Waals surface area contributed by atoms with Crippen molar-refractivity contribution in [1.29, 1.82) is 0 Å². The van der Waals surface area contributed by atoms with Gasteiger partial charge in [-0.15, -0.1) is 0 Å². The molecule has 0 heterocycles. The Kier molecular flexibility index (Phi) is 18.5. The molecule has 9 heteroatoms. The van der Waals surface area contributed by atoms with Crippen molar-refractivity contribution in [1.82, 2.24) is 16.0 Å². The van der Waals surface area contributed by atoms with Crippen molar-refractivity contribution in [3.8, 4) is 0 Å². The Hall–Kier alpha value is -3.11. The number of nitrogens with one attached hydrogen (secondary N) is 3. The normalized spacial score (nSPS) is 12.3. The van der Waals surface area contributed by atoms with Crippen LogP contribution in [0.4, 0.5) is 0 Å². The monoisotopic (exact) mass is 625 g/mol. The van der Waals surface area contributed by atoms with Gasteiger partial charge in [-0.2, -0.15) is 0 Å². The van der Waals surface area contributed by atoms with Gasteiger partial charge in [-0.05, 0) is 67.7 Å². The van der Waals surface area contributed by atoms with E-state index in [1.807, 2.05) is 55.3 Å². The Morgan fingerprint density at radius 3 is 1.89 bits per heavy atom. The minimum Gasteiger partial charge on any atom is -0.375 e. The predicted octanol–water partition coefficient (Wildman–Crippen LogP) is 4.39. The third-order valence-corrected chi connectivity index (χ3v) is 7.49. The fourth-order valence-electron chi connectivity index (χ4n) is 5.04. The number of hydrogen-bond donors (Lipinski definition) is 5. The minimum atomic E-state index is -0.347. The van der Waals surface area contributed by atoms with E-state index in [9.17, 15) is 9.59 Å². The molecule has 2 aromatic rings. The van der Waals surface area contributed by atoms with E-state index < -0.39 is 0 Å². The third-order valence-electron chi connectivity index (χ3n) is 7.49. The molecule has 252 valence electrons. The molecule has 0 fully saturated rings. The van der Waals surface area contributed by atoms with Crippen LogP contribution in [0.3, 0.4) is 0 Å². The predicted molar refractivity (Wildman–Crippen MR) is 183 cm³/mol. The highest BCUT2D eigenvalue weighted by Crippen LogP contribution is 2.24. The van der Waals surface area contributed by atoms with Crippen LogP contribution < -0.4 is 27.4 Å². The van der Waals surface area contributed by atoms with E-state index in [1.165, 1.54) is 0 Å². The molecule has 1 atom stereocenters. The average Bonchev–Trinajstić information content (AvgIpc) is 3.01. The maximum absolute atomic E-state index is 13.4. The van der Waals surface area contributed by atoms with E-state index in [2.05, 4.69) is 57.5 Å². The lowest BCUT2D eigenvalue weighted by Gasteiger charge is -2.33. The van der Waals surface area contributed by atoms with Crippen LogP contribution in [0.1, 0.15) is 89.5 Å². The fourth-order valence-corrected chi connectivity index (χ4v) is 5.04. The van der Waals surface area contributed by atoms with E-state index in [0.717, 1.165) is 41.5 Å². The van der Waals surface area contributed by atoms with Gasteiger partial charge in [-0.1, -0.05) is 76.2 Å². The number of rotatable bonds is 20. The second-order valence-electron chi connectivity index (χ2n) is 13.5. The molecule has 7 N–H and O–H groups in total. The van der Waals surface area contributed by atoms with Crippen LogP contribution in [-0.4, -0.2) is 49.9 Å². The number of amides is 2. The first-order chi connectivity index (χ1) is 21.3. The number of hydrogen-bond acceptors (Lipinski definition) is 7. The van der Waals surface area contributed by atoms with Gasteiger partial charge in [0.25, 0.3) is 0 Å². The van der Waals surface area contributed by atoms with Crippen LogP contribution in [0, 0.1) is 11.3 Å². The summed E-state index contributed by atoms with van der Waals surface area (Å²) < 4.78 is 6.27. The summed E-state index contributed by atoms with van der Waals surface area (Å²) in [5.41, 5.74) is 15.2. The minimum absolute atomic E-state index is 0.00475. The first-order valence-electron chi connectivity index (χ1n) is 16.1. The standard InChI is InChI=1S/C35H57N5O3.CH2O/c1-26(2)20-35(5,6)43-25-34(3,4)24-40-33(42)31(39-23-30-16-14-29(22-37)15-17-30)9-7-8-18-38-32(41)19-27-10-12-28(21-36)13-11-27;1-2/h10-17,26,31,39H,7-9,18-25,36-37H2,1-6H3,(H,38,41)(H,40,42);1H2. The van der Waals surface area contributed by atoms with Crippen LogP contribution in [0.15, 0.2) is 48.5 Å². The van der Waals surface area contributed by atoms with Crippen LogP contribution in [0.5, 0.6) is 0 Å². The second-order valence-corrected chi connectivity index (χ2v) is 13.5. The van der Waals surface area contributed by atoms with Crippen LogP contribution in [-0.2, 0) is 45.2 Å². The lowest BCUT2D eigenvalue weighted by Crippen LogP contribution is -2.47. The Morgan fingerprint density at radius 2 is 1.36 bits per heavy atom. The molecule has 1 unspecified atom stereocenters. The van der Waals surface area contributed by atoms with Crippen molar-refractivity contribution in [3.63, 3.8) is 0 Å². The van der Waals surface area contributed by atoms with Crippen molar-refractivity contribution >= 4 is 18.6 Å². The lowest BCUT2D eigenvalue weighted by molar-refractivity contribution is -0.124. The fraction of sp³-hybridized carbons (Fsp3) is 0.583. The summed E-state index contributed by atoms with van der Waals surface area (Å²) in [5, 5.41) is 9.64. The molecule has 0 aromatic heterocycles. The van der Waals surface area contributed by atoms with Crippen molar-refractivity contribution in [3.05, 3.63) is 70.8 Å². The summed E-state index contributed by atoms with van der Waals surface area (Å²) >= 11 is 0. The largest absolute Gasteiger partial charge is 0.375 e. The smallest absolute Gasteiger partial charge is 0.237 e. The van der Waals surface area contributed by atoms with Crippen LogP contribution in [0.2, 0.25) is 0 Å². The van der Waals surface area contributed by atoms with Gasteiger partial charge in [-0.25, -0.2) is 0 Å². The second kappa shape index (κ2) is 20.8. The topological polar surface area (TPSA) is 149 Å². The van der Waals surface area contributed by atoms with Gasteiger partial charge >= 0.3 is 0 Å². The van der Waals surface area contributed by atoms with Gasteiger partial charge in [0.15, 0.2) is 0 Å². The van der Waals surface area contributed by atoms with E-state index in [0.29, 0.717) is 58.1 Å². The molecule has 0 bridgehead atoms. The summed E-state index contributed by atoms with van der Waals surface area (Å²) in [6, 6.07) is 15.6. The first kappa shape index (κ1) is 39.9.